The molecule has 0 radical (unpaired) electrons. The summed E-state index contributed by atoms with van der Waals surface area (Å²) in [6, 6.07) is 9.95. The standard InChI is InChI=1S/C21H22N6O/c1-12(2)27-20-15(10-23-27)14(9-18(26-20)13-7-8-13)21(28)22-11-19-24-16-5-3-4-6-17(16)25-19/h3-6,9-10,12-13H,7-8,11H2,1-2H3,(H,22,28)(H,24,25). The van der Waals surface area contributed by atoms with E-state index in [1.165, 1.54) is 0 Å². The van der Waals surface area contributed by atoms with E-state index in [-0.39, 0.29) is 11.9 Å². The maximum absolute atomic E-state index is 13.0. The molecule has 3 aromatic heterocycles. The Hall–Kier alpha value is -3.22. The molecule has 0 aliphatic heterocycles. The Morgan fingerprint density at radius 3 is 2.86 bits per heavy atom. The molecule has 0 spiro atoms. The van der Waals surface area contributed by atoms with Crippen LogP contribution in [0.15, 0.2) is 36.5 Å². The van der Waals surface area contributed by atoms with Gasteiger partial charge in [0.25, 0.3) is 5.91 Å². The fourth-order valence-electron chi connectivity index (χ4n) is 3.54. The minimum atomic E-state index is -0.127. The van der Waals surface area contributed by atoms with Crippen molar-refractivity contribution in [1.29, 1.82) is 0 Å². The van der Waals surface area contributed by atoms with Gasteiger partial charge in [0.05, 0.1) is 34.7 Å². The van der Waals surface area contributed by atoms with Gasteiger partial charge in [0.1, 0.15) is 5.82 Å². The summed E-state index contributed by atoms with van der Waals surface area (Å²) in [4.78, 5) is 25.6. The smallest absolute Gasteiger partial charge is 0.252 e. The maximum Gasteiger partial charge on any atom is 0.252 e. The number of carbonyl (C=O) groups is 1. The topological polar surface area (TPSA) is 88.5 Å². The van der Waals surface area contributed by atoms with Crippen molar-refractivity contribution < 1.29 is 4.79 Å². The zero-order chi connectivity index (χ0) is 19.3. The van der Waals surface area contributed by atoms with Gasteiger partial charge in [-0.25, -0.2) is 14.6 Å². The SMILES string of the molecule is CC(C)n1ncc2c(C(=O)NCc3nc4ccccc4[nH]3)cc(C3CC3)nc21. The maximum atomic E-state index is 13.0. The van der Waals surface area contributed by atoms with Crippen LogP contribution in [-0.2, 0) is 6.54 Å². The third kappa shape index (κ3) is 2.93. The molecule has 0 saturated heterocycles. The second-order valence-corrected chi connectivity index (χ2v) is 7.67. The molecule has 7 nitrogen and oxygen atoms in total. The van der Waals surface area contributed by atoms with Crippen LogP contribution in [0, 0.1) is 0 Å². The minimum Gasteiger partial charge on any atom is -0.345 e. The molecule has 1 fully saturated rings. The Labute approximate surface area is 162 Å². The van der Waals surface area contributed by atoms with Crippen molar-refractivity contribution in [3.8, 4) is 0 Å². The molecule has 3 heterocycles. The number of fused-ring (bicyclic) bond motifs is 2. The zero-order valence-electron chi connectivity index (χ0n) is 15.9. The Morgan fingerprint density at radius 2 is 2.11 bits per heavy atom. The number of nitrogens with one attached hydrogen (secondary N) is 2. The third-order valence-electron chi connectivity index (χ3n) is 5.17. The van der Waals surface area contributed by atoms with Crippen molar-refractivity contribution in [1.82, 2.24) is 30.0 Å². The quantitative estimate of drug-likeness (QED) is 0.557. The van der Waals surface area contributed by atoms with Crippen LogP contribution >= 0.6 is 0 Å². The molecule has 1 aromatic carbocycles. The second-order valence-electron chi connectivity index (χ2n) is 7.67. The summed E-state index contributed by atoms with van der Waals surface area (Å²) in [6.45, 7) is 4.48. The van der Waals surface area contributed by atoms with Gasteiger partial charge in [0.2, 0.25) is 0 Å². The lowest BCUT2D eigenvalue weighted by atomic mass is 10.1. The number of benzene rings is 1. The molecule has 142 valence electrons. The van der Waals surface area contributed by atoms with E-state index < -0.39 is 0 Å². The number of aromatic nitrogens is 5. The Bertz CT molecular complexity index is 1150. The van der Waals surface area contributed by atoms with Crippen LogP contribution in [0.4, 0.5) is 0 Å². The number of para-hydroxylation sites is 2. The molecule has 2 N–H and O–H groups in total. The average molecular weight is 374 g/mol. The first-order valence-corrected chi connectivity index (χ1v) is 9.70. The molecular weight excluding hydrogens is 352 g/mol. The Balaban J connectivity index is 1.46. The number of carbonyl (C=O) groups excluding carboxylic acids is 1. The first kappa shape index (κ1) is 16.9. The molecule has 0 atom stereocenters. The van der Waals surface area contributed by atoms with E-state index in [4.69, 9.17) is 4.98 Å². The van der Waals surface area contributed by atoms with E-state index in [9.17, 15) is 4.79 Å². The molecule has 4 aromatic rings. The number of amides is 1. The van der Waals surface area contributed by atoms with Gasteiger partial charge in [0.15, 0.2) is 5.65 Å². The number of imidazole rings is 1. The van der Waals surface area contributed by atoms with E-state index in [1.54, 1.807) is 6.20 Å². The van der Waals surface area contributed by atoms with E-state index in [1.807, 2.05) is 35.0 Å². The molecule has 0 bridgehead atoms. The van der Waals surface area contributed by atoms with Crippen LogP contribution in [0.1, 0.15) is 60.5 Å². The molecule has 1 aliphatic rings. The second kappa shape index (κ2) is 6.44. The van der Waals surface area contributed by atoms with E-state index in [0.29, 0.717) is 18.0 Å². The highest BCUT2D eigenvalue weighted by Crippen LogP contribution is 2.40. The Morgan fingerprint density at radius 1 is 1.29 bits per heavy atom. The molecule has 7 heteroatoms. The summed E-state index contributed by atoms with van der Waals surface area (Å²) in [5.41, 5.74) is 4.27. The fourth-order valence-corrected chi connectivity index (χ4v) is 3.54. The highest BCUT2D eigenvalue weighted by atomic mass is 16.1. The van der Waals surface area contributed by atoms with Gasteiger partial charge in [-0.15, -0.1) is 0 Å². The van der Waals surface area contributed by atoms with Crippen molar-refractivity contribution in [2.24, 2.45) is 0 Å². The van der Waals surface area contributed by atoms with Gasteiger partial charge >= 0.3 is 0 Å². The van der Waals surface area contributed by atoms with Crippen molar-refractivity contribution in [2.75, 3.05) is 0 Å². The average Bonchev–Trinajstić information content (AvgIpc) is 3.31. The molecule has 5 rings (SSSR count). The van der Waals surface area contributed by atoms with Crippen LogP contribution in [0.25, 0.3) is 22.1 Å². The fraction of sp³-hybridized carbons (Fsp3) is 0.333. The predicted octanol–water partition coefficient (Wildman–Crippen LogP) is 3.70. The van der Waals surface area contributed by atoms with E-state index in [0.717, 1.165) is 46.4 Å². The predicted molar refractivity (Wildman–Crippen MR) is 107 cm³/mol. The first-order chi connectivity index (χ1) is 13.6. The largest absolute Gasteiger partial charge is 0.345 e. The summed E-state index contributed by atoms with van der Waals surface area (Å²) >= 11 is 0. The number of nitrogens with zero attached hydrogens (tertiary/aromatic N) is 4. The summed E-state index contributed by atoms with van der Waals surface area (Å²) in [5, 5.41) is 8.25. The van der Waals surface area contributed by atoms with Crippen LogP contribution in [0.2, 0.25) is 0 Å². The Kier molecular flexibility index (Phi) is 3.89. The monoisotopic (exact) mass is 374 g/mol. The van der Waals surface area contributed by atoms with Gasteiger partial charge in [0, 0.05) is 17.7 Å². The number of pyridine rings is 1. The summed E-state index contributed by atoms with van der Waals surface area (Å²) in [7, 11) is 0. The zero-order valence-corrected chi connectivity index (χ0v) is 15.9. The number of H-pyrrole nitrogens is 1. The van der Waals surface area contributed by atoms with Gasteiger partial charge in [-0.2, -0.15) is 5.10 Å². The summed E-state index contributed by atoms with van der Waals surface area (Å²) in [5.74, 6) is 1.07. The highest BCUT2D eigenvalue weighted by Gasteiger charge is 2.28. The third-order valence-corrected chi connectivity index (χ3v) is 5.17. The molecule has 1 aliphatic carbocycles. The van der Waals surface area contributed by atoms with Crippen LogP contribution in [-0.4, -0.2) is 30.6 Å². The van der Waals surface area contributed by atoms with Gasteiger partial charge in [-0.1, -0.05) is 12.1 Å². The molecule has 1 amide bonds. The van der Waals surface area contributed by atoms with Crippen molar-refractivity contribution in [2.45, 2.75) is 45.2 Å². The number of rotatable bonds is 5. The van der Waals surface area contributed by atoms with Gasteiger partial charge in [-0.05, 0) is 44.9 Å². The first-order valence-electron chi connectivity index (χ1n) is 9.70. The van der Waals surface area contributed by atoms with Crippen LogP contribution < -0.4 is 5.32 Å². The normalized spacial score (nSPS) is 14.2. The molecule has 28 heavy (non-hydrogen) atoms. The lowest BCUT2D eigenvalue weighted by Gasteiger charge is -2.10. The number of hydrogen-bond donors (Lipinski definition) is 2. The highest BCUT2D eigenvalue weighted by molar-refractivity contribution is 6.05. The van der Waals surface area contributed by atoms with E-state index >= 15 is 0 Å². The van der Waals surface area contributed by atoms with Crippen LogP contribution in [0.3, 0.4) is 0 Å². The number of hydrogen-bond acceptors (Lipinski definition) is 4. The molecular formula is C21H22N6O. The van der Waals surface area contributed by atoms with Gasteiger partial charge < -0.3 is 10.3 Å². The van der Waals surface area contributed by atoms with Crippen molar-refractivity contribution in [3.05, 3.63) is 53.6 Å². The van der Waals surface area contributed by atoms with E-state index in [2.05, 4.69) is 34.2 Å². The van der Waals surface area contributed by atoms with Crippen molar-refractivity contribution in [3.63, 3.8) is 0 Å². The minimum absolute atomic E-state index is 0.127. The van der Waals surface area contributed by atoms with Crippen LogP contribution in [0.5, 0.6) is 0 Å². The molecule has 1 saturated carbocycles. The van der Waals surface area contributed by atoms with Gasteiger partial charge in [-0.3, -0.25) is 4.79 Å². The lowest BCUT2D eigenvalue weighted by molar-refractivity contribution is 0.0951. The lowest BCUT2D eigenvalue weighted by Crippen LogP contribution is -2.24. The molecule has 0 unspecified atom stereocenters. The summed E-state index contributed by atoms with van der Waals surface area (Å²) in [6.07, 6.45) is 4.01. The summed E-state index contributed by atoms with van der Waals surface area (Å²) < 4.78 is 1.89. The van der Waals surface area contributed by atoms with Crippen molar-refractivity contribution >= 4 is 28.0 Å². The number of aromatic amines is 1.